The third-order valence-corrected chi connectivity index (χ3v) is 4.98. The summed E-state index contributed by atoms with van der Waals surface area (Å²) >= 11 is 0. The van der Waals surface area contributed by atoms with E-state index in [2.05, 4.69) is 28.3 Å². The molecule has 3 atom stereocenters. The van der Waals surface area contributed by atoms with Crippen LogP contribution in [0.15, 0.2) is 18.5 Å². The van der Waals surface area contributed by atoms with Gasteiger partial charge < -0.3 is 14.2 Å². The molecule has 2 aliphatic rings. The third kappa shape index (κ3) is 3.17. The molecule has 3 heterocycles. The molecule has 0 saturated carbocycles. The maximum absolute atomic E-state index is 12.9. The standard InChI is InChI=1S/C17H26N4O2/c1-4-20-11-18-19-16(20)13-6-5-8-21(10-13)17(22)14-7-9-23-15(14)12(2)3/h11,13-15H,2,4-10H2,1,3H3/t13?,14-,15-/m1/s1. The van der Waals surface area contributed by atoms with Crippen LogP contribution in [0.5, 0.6) is 0 Å². The minimum atomic E-state index is -0.123. The molecule has 1 aromatic rings. The van der Waals surface area contributed by atoms with Gasteiger partial charge in [0, 0.05) is 32.2 Å². The molecule has 3 rings (SSSR count). The van der Waals surface area contributed by atoms with E-state index in [1.54, 1.807) is 6.33 Å². The first kappa shape index (κ1) is 16.2. The average molecular weight is 318 g/mol. The lowest BCUT2D eigenvalue weighted by Crippen LogP contribution is -2.44. The van der Waals surface area contributed by atoms with Crippen molar-refractivity contribution >= 4 is 5.91 Å². The van der Waals surface area contributed by atoms with Crippen LogP contribution in [-0.4, -0.2) is 51.4 Å². The summed E-state index contributed by atoms with van der Waals surface area (Å²) in [4.78, 5) is 14.9. The fourth-order valence-corrected chi connectivity index (χ4v) is 3.77. The largest absolute Gasteiger partial charge is 0.373 e. The Hall–Kier alpha value is -1.69. The number of rotatable bonds is 4. The molecule has 23 heavy (non-hydrogen) atoms. The first-order valence-corrected chi connectivity index (χ1v) is 8.55. The molecule has 0 bridgehead atoms. The summed E-state index contributed by atoms with van der Waals surface area (Å²) in [5.74, 6) is 1.42. The van der Waals surface area contributed by atoms with Crippen molar-refractivity contribution in [3.63, 3.8) is 0 Å². The predicted molar refractivity (Wildman–Crippen MR) is 86.9 cm³/mol. The Morgan fingerprint density at radius 2 is 2.30 bits per heavy atom. The Bertz CT molecular complexity index is 583. The van der Waals surface area contributed by atoms with Gasteiger partial charge in [-0.25, -0.2) is 0 Å². The van der Waals surface area contributed by atoms with Crippen LogP contribution >= 0.6 is 0 Å². The van der Waals surface area contributed by atoms with Gasteiger partial charge in [-0.3, -0.25) is 4.79 Å². The molecule has 0 radical (unpaired) electrons. The maximum atomic E-state index is 12.9. The molecule has 1 unspecified atom stereocenters. The first-order chi connectivity index (χ1) is 11.1. The second kappa shape index (κ2) is 6.83. The van der Waals surface area contributed by atoms with E-state index in [1.165, 1.54) is 0 Å². The van der Waals surface area contributed by atoms with Crippen LogP contribution in [0.2, 0.25) is 0 Å². The summed E-state index contributed by atoms with van der Waals surface area (Å²) in [5, 5.41) is 8.31. The van der Waals surface area contributed by atoms with E-state index >= 15 is 0 Å². The molecular formula is C17H26N4O2. The van der Waals surface area contributed by atoms with Gasteiger partial charge in [0.05, 0.1) is 12.0 Å². The van der Waals surface area contributed by atoms with E-state index in [9.17, 15) is 4.79 Å². The molecule has 0 aromatic carbocycles. The predicted octanol–water partition coefficient (Wildman–Crippen LogP) is 1.99. The summed E-state index contributed by atoms with van der Waals surface area (Å²) in [5.41, 5.74) is 0.945. The Morgan fingerprint density at radius 1 is 1.48 bits per heavy atom. The molecule has 0 spiro atoms. The van der Waals surface area contributed by atoms with Crippen LogP contribution in [-0.2, 0) is 16.1 Å². The van der Waals surface area contributed by atoms with Crippen molar-refractivity contribution in [2.24, 2.45) is 5.92 Å². The topological polar surface area (TPSA) is 60.2 Å². The number of nitrogens with zero attached hydrogens (tertiary/aromatic N) is 4. The van der Waals surface area contributed by atoms with Crippen molar-refractivity contribution in [1.29, 1.82) is 0 Å². The van der Waals surface area contributed by atoms with Crippen molar-refractivity contribution < 1.29 is 9.53 Å². The Morgan fingerprint density at radius 3 is 3.04 bits per heavy atom. The van der Waals surface area contributed by atoms with E-state index in [0.717, 1.165) is 50.3 Å². The number of aromatic nitrogens is 3. The quantitative estimate of drug-likeness (QED) is 0.797. The lowest BCUT2D eigenvalue weighted by atomic mass is 9.92. The zero-order chi connectivity index (χ0) is 16.4. The molecule has 1 amide bonds. The maximum Gasteiger partial charge on any atom is 0.228 e. The van der Waals surface area contributed by atoms with E-state index in [1.807, 2.05) is 11.8 Å². The molecule has 1 aromatic heterocycles. The van der Waals surface area contributed by atoms with Crippen LogP contribution in [0.4, 0.5) is 0 Å². The Balaban J connectivity index is 1.71. The highest BCUT2D eigenvalue weighted by molar-refractivity contribution is 5.80. The monoisotopic (exact) mass is 318 g/mol. The average Bonchev–Trinajstić information content (AvgIpc) is 3.23. The number of hydrogen-bond donors (Lipinski definition) is 0. The minimum Gasteiger partial charge on any atom is -0.373 e. The summed E-state index contributed by atoms with van der Waals surface area (Å²) in [6.45, 7) is 11.1. The Labute approximate surface area is 137 Å². The summed E-state index contributed by atoms with van der Waals surface area (Å²) in [7, 11) is 0. The fourth-order valence-electron chi connectivity index (χ4n) is 3.77. The van der Waals surface area contributed by atoms with E-state index in [-0.39, 0.29) is 23.8 Å². The molecule has 2 fully saturated rings. The number of carbonyl (C=O) groups is 1. The summed E-state index contributed by atoms with van der Waals surface area (Å²) in [6.07, 6.45) is 4.52. The second-order valence-electron chi connectivity index (χ2n) is 6.63. The van der Waals surface area contributed by atoms with Crippen LogP contribution in [0.3, 0.4) is 0 Å². The van der Waals surface area contributed by atoms with Crippen molar-refractivity contribution in [1.82, 2.24) is 19.7 Å². The third-order valence-electron chi connectivity index (χ3n) is 4.98. The number of carbonyl (C=O) groups excluding carboxylic acids is 1. The lowest BCUT2D eigenvalue weighted by Gasteiger charge is -2.34. The van der Waals surface area contributed by atoms with Crippen molar-refractivity contribution in [3.8, 4) is 0 Å². The summed E-state index contributed by atoms with van der Waals surface area (Å²) in [6, 6.07) is 0. The molecular weight excluding hydrogens is 292 g/mol. The number of ether oxygens (including phenoxy) is 1. The zero-order valence-corrected chi connectivity index (χ0v) is 14.1. The SMILES string of the molecule is C=C(C)[C@H]1OCC[C@H]1C(=O)N1CCCC(c2nncn2CC)C1. The van der Waals surface area contributed by atoms with Gasteiger partial charge in [-0.15, -0.1) is 10.2 Å². The zero-order valence-electron chi connectivity index (χ0n) is 14.1. The summed E-state index contributed by atoms with van der Waals surface area (Å²) < 4.78 is 7.78. The molecule has 126 valence electrons. The van der Waals surface area contributed by atoms with Crippen molar-refractivity contribution in [2.75, 3.05) is 19.7 Å². The Kier molecular flexibility index (Phi) is 4.80. The number of hydrogen-bond acceptors (Lipinski definition) is 4. The van der Waals surface area contributed by atoms with Gasteiger partial charge in [-0.2, -0.15) is 0 Å². The van der Waals surface area contributed by atoms with Crippen LogP contribution in [0.1, 0.15) is 44.9 Å². The highest BCUT2D eigenvalue weighted by atomic mass is 16.5. The van der Waals surface area contributed by atoms with Crippen molar-refractivity contribution in [2.45, 2.75) is 51.7 Å². The normalized spacial score (nSPS) is 28.1. The number of likely N-dealkylation sites (tertiary alicyclic amines) is 1. The van der Waals surface area contributed by atoms with Crippen molar-refractivity contribution in [3.05, 3.63) is 24.3 Å². The molecule has 6 nitrogen and oxygen atoms in total. The van der Waals surface area contributed by atoms with Gasteiger partial charge in [0.15, 0.2) is 0 Å². The van der Waals surface area contributed by atoms with E-state index < -0.39 is 0 Å². The van der Waals surface area contributed by atoms with Crippen LogP contribution in [0.25, 0.3) is 0 Å². The fraction of sp³-hybridized carbons (Fsp3) is 0.706. The highest BCUT2D eigenvalue weighted by Gasteiger charge is 2.38. The van der Waals surface area contributed by atoms with Crippen LogP contribution < -0.4 is 0 Å². The van der Waals surface area contributed by atoms with Gasteiger partial charge in [-0.1, -0.05) is 12.2 Å². The molecule has 0 N–H and O–H groups in total. The number of aryl methyl sites for hydroxylation is 1. The van der Waals surface area contributed by atoms with Gasteiger partial charge >= 0.3 is 0 Å². The minimum absolute atomic E-state index is 0.0738. The van der Waals surface area contributed by atoms with Gasteiger partial charge in [-0.05, 0) is 33.1 Å². The number of piperidine rings is 1. The van der Waals surface area contributed by atoms with Gasteiger partial charge in [0.2, 0.25) is 5.91 Å². The molecule has 0 aliphatic carbocycles. The molecule has 6 heteroatoms. The van der Waals surface area contributed by atoms with Crippen LogP contribution in [0, 0.1) is 5.92 Å². The highest BCUT2D eigenvalue weighted by Crippen LogP contribution is 2.31. The second-order valence-corrected chi connectivity index (χ2v) is 6.63. The number of amides is 1. The van der Waals surface area contributed by atoms with E-state index in [4.69, 9.17) is 4.74 Å². The lowest BCUT2D eigenvalue weighted by molar-refractivity contribution is -0.138. The van der Waals surface area contributed by atoms with Gasteiger partial charge in [0.1, 0.15) is 12.2 Å². The molecule has 2 saturated heterocycles. The first-order valence-electron chi connectivity index (χ1n) is 8.55. The smallest absolute Gasteiger partial charge is 0.228 e. The molecule has 2 aliphatic heterocycles. The van der Waals surface area contributed by atoms with Gasteiger partial charge in [0.25, 0.3) is 0 Å². The van der Waals surface area contributed by atoms with E-state index in [0.29, 0.717) is 6.61 Å².